The van der Waals surface area contributed by atoms with Gasteiger partial charge < -0.3 is 10.6 Å². The summed E-state index contributed by atoms with van der Waals surface area (Å²) in [6.07, 6.45) is -4.52. The molecule has 0 aliphatic rings. The van der Waals surface area contributed by atoms with E-state index < -0.39 is 23.6 Å². The molecular weight excluding hydrogens is 463 g/mol. The topological polar surface area (TPSA) is 70.2 Å². The van der Waals surface area contributed by atoms with E-state index in [-0.39, 0.29) is 16.4 Å². The molecule has 2 amide bonds. The van der Waals surface area contributed by atoms with Crippen molar-refractivity contribution in [3.63, 3.8) is 0 Å². The van der Waals surface area contributed by atoms with Crippen molar-refractivity contribution in [2.75, 3.05) is 10.6 Å². The lowest BCUT2D eigenvalue weighted by Gasteiger charge is -2.12. The van der Waals surface area contributed by atoms with Crippen molar-refractivity contribution < 1.29 is 22.8 Å². The minimum atomic E-state index is -4.52. The Labute approximate surface area is 191 Å². The highest BCUT2D eigenvalue weighted by Gasteiger charge is 2.30. The van der Waals surface area contributed by atoms with Gasteiger partial charge in [-0.3, -0.25) is 14.9 Å². The molecular formula is C22H15ClF3N3O2S. The van der Waals surface area contributed by atoms with E-state index in [2.05, 4.69) is 16.0 Å². The van der Waals surface area contributed by atoms with Crippen molar-refractivity contribution in [3.05, 3.63) is 94.5 Å². The maximum atomic E-state index is 12.9. The van der Waals surface area contributed by atoms with Crippen LogP contribution in [0, 0.1) is 0 Å². The Kier molecular flexibility index (Phi) is 7.12. The molecule has 0 heterocycles. The Morgan fingerprint density at radius 2 is 1.38 bits per heavy atom. The minimum absolute atomic E-state index is 0.00694. The van der Waals surface area contributed by atoms with Crippen LogP contribution in [-0.4, -0.2) is 16.9 Å². The summed E-state index contributed by atoms with van der Waals surface area (Å²) in [5.41, 5.74) is 0.0318. The highest BCUT2D eigenvalue weighted by molar-refractivity contribution is 7.80. The van der Waals surface area contributed by atoms with Crippen molar-refractivity contribution in [1.29, 1.82) is 0 Å². The minimum Gasteiger partial charge on any atom is -0.332 e. The molecule has 5 nitrogen and oxygen atoms in total. The number of hydrogen-bond donors (Lipinski definition) is 3. The van der Waals surface area contributed by atoms with Crippen LogP contribution < -0.4 is 16.0 Å². The zero-order chi connectivity index (χ0) is 23.3. The number of benzene rings is 3. The van der Waals surface area contributed by atoms with Crippen molar-refractivity contribution >= 4 is 52.1 Å². The summed E-state index contributed by atoms with van der Waals surface area (Å²) in [4.78, 5) is 24.7. The molecule has 10 heteroatoms. The summed E-state index contributed by atoms with van der Waals surface area (Å²) in [6.45, 7) is 0. The second-order valence-electron chi connectivity index (χ2n) is 6.53. The number of nitrogens with one attached hydrogen (secondary N) is 3. The van der Waals surface area contributed by atoms with Crippen LogP contribution in [0.3, 0.4) is 0 Å². The first-order valence-electron chi connectivity index (χ1n) is 9.08. The van der Waals surface area contributed by atoms with Crippen LogP contribution in [0.1, 0.15) is 26.3 Å². The number of thiocarbonyl (C=S) groups is 1. The summed E-state index contributed by atoms with van der Waals surface area (Å²) >= 11 is 11.0. The lowest BCUT2D eigenvalue weighted by Crippen LogP contribution is -2.34. The van der Waals surface area contributed by atoms with Crippen molar-refractivity contribution in [3.8, 4) is 0 Å². The standard InChI is InChI=1S/C22H15ClF3N3O2S/c23-16-7-1-4-13(10-16)20(31)29-21(32)28-17-8-2-5-14(11-17)19(30)27-18-9-3-6-15(12-18)22(24,25)26/h1-12H,(H,27,30)(H2,28,29,31,32). The molecule has 0 aliphatic carbocycles. The average molecular weight is 478 g/mol. The molecule has 0 saturated carbocycles. The third-order valence-electron chi connectivity index (χ3n) is 4.14. The normalized spacial score (nSPS) is 10.9. The van der Waals surface area contributed by atoms with Gasteiger partial charge in [-0.05, 0) is 66.8 Å². The number of anilines is 2. The number of carbonyl (C=O) groups is 2. The van der Waals surface area contributed by atoms with Gasteiger partial charge in [0.15, 0.2) is 5.11 Å². The molecule has 32 heavy (non-hydrogen) atoms. The molecule has 0 radical (unpaired) electrons. The Balaban J connectivity index is 1.65. The molecule has 0 aromatic heterocycles. The van der Waals surface area contributed by atoms with Gasteiger partial charge in [-0.15, -0.1) is 0 Å². The molecule has 3 rings (SSSR count). The van der Waals surface area contributed by atoms with Crippen molar-refractivity contribution in [2.24, 2.45) is 0 Å². The van der Waals surface area contributed by atoms with Crippen molar-refractivity contribution in [2.45, 2.75) is 6.18 Å². The fraction of sp³-hybridized carbons (Fsp3) is 0.0455. The number of rotatable bonds is 4. The molecule has 0 atom stereocenters. The van der Waals surface area contributed by atoms with Crippen LogP contribution in [-0.2, 0) is 6.18 Å². The Morgan fingerprint density at radius 3 is 2.03 bits per heavy atom. The first-order chi connectivity index (χ1) is 15.1. The molecule has 3 N–H and O–H groups in total. The molecule has 0 fully saturated rings. The van der Waals surface area contributed by atoms with Crippen molar-refractivity contribution in [1.82, 2.24) is 5.32 Å². The van der Waals surface area contributed by atoms with Crippen LogP contribution in [0.15, 0.2) is 72.8 Å². The molecule has 0 saturated heterocycles. The van der Waals surface area contributed by atoms with Gasteiger partial charge in [0.05, 0.1) is 5.56 Å². The summed E-state index contributed by atoms with van der Waals surface area (Å²) in [6, 6.07) is 16.7. The van der Waals surface area contributed by atoms with E-state index in [4.69, 9.17) is 23.8 Å². The number of alkyl halides is 3. The second-order valence-corrected chi connectivity index (χ2v) is 7.38. The maximum Gasteiger partial charge on any atom is 0.416 e. The van der Waals surface area contributed by atoms with Crippen LogP contribution in [0.4, 0.5) is 24.5 Å². The van der Waals surface area contributed by atoms with Gasteiger partial charge >= 0.3 is 6.18 Å². The average Bonchev–Trinajstić information content (AvgIpc) is 2.73. The quantitative estimate of drug-likeness (QED) is 0.419. The second kappa shape index (κ2) is 9.80. The summed E-state index contributed by atoms with van der Waals surface area (Å²) in [7, 11) is 0. The third kappa shape index (κ3) is 6.29. The van der Waals surface area contributed by atoms with E-state index in [0.29, 0.717) is 16.3 Å². The molecule has 0 spiro atoms. The summed E-state index contributed by atoms with van der Waals surface area (Å²) < 4.78 is 38.6. The molecule has 164 valence electrons. The third-order valence-corrected chi connectivity index (χ3v) is 4.58. The summed E-state index contributed by atoms with van der Waals surface area (Å²) in [5, 5.41) is 8.10. The van der Waals surface area contributed by atoms with Crippen LogP contribution in [0.25, 0.3) is 0 Å². The predicted molar refractivity (Wildman–Crippen MR) is 121 cm³/mol. The first kappa shape index (κ1) is 23.2. The molecule has 0 unspecified atom stereocenters. The SMILES string of the molecule is O=C(NC(=S)Nc1cccc(C(=O)Nc2cccc(C(F)(F)F)c2)c1)c1cccc(Cl)c1. The van der Waals surface area contributed by atoms with Gasteiger partial charge in [-0.1, -0.05) is 29.8 Å². The fourth-order valence-electron chi connectivity index (χ4n) is 2.68. The Hall–Kier alpha value is -3.43. The molecule has 3 aromatic rings. The van der Waals surface area contributed by atoms with E-state index in [1.807, 2.05) is 0 Å². The zero-order valence-corrected chi connectivity index (χ0v) is 17.7. The van der Waals surface area contributed by atoms with Gasteiger partial charge in [0.1, 0.15) is 0 Å². The lowest BCUT2D eigenvalue weighted by molar-refractivity contribution is -0.137. The number of amides is 2. The van der Waals surface area contributed by atoms with E-state index in [0.717, 1.165) is 12.1 Å². The van der Waals surface area contributed by atoms with Gasteiger partial charge in [0.25, 0.3) is 11.8 Å². The predicted octanol–water partition coefficient (Wildman–Crippen LogP) is 5.74. The zero-order valence-electron chi connectivity index (χ0n) is 16.2. The number of hydrogen-bond acceptors (Lipinski definition) is 3. The molecule has 0 aliphatic heterocycles. The van der Waals surface area contributed by atoms with E-state index in [1.165, 1.54) is 30.3 Å². The van der Waals surface area contributed by atoms with E-state index in [1.54, 1.807) is 30.3 Å². The fourth-order valence-corrected chi connectivity index (χ4v) is 3.08. The van der Waals surface area contributed by atoms with Gasteiger partial charge in [0, 0.05) is 27.5 Å². The van der Waals surface area contributed by atoms with Crippen LogP contribution >= 0.6 is 23.8 Å². The first-order valence-corrected chi connectivity index (χ1v) is 9.87. The number of carbonyl (C=O) groups excluding carboxylic acids is 2. The Bertz CT molecular complexity index is 1180. The maximum absolute atomic E-state index is 12.9. The summed E-state index contributed by atoms with van der Waals surface area (Å²) in [5.74, 6) is -1.08. The van der Waals surface area contributed by atoms with E-state index in [9.17, 15) is 22.8 Å². The monoisotopic (exact) mass is 477 g/mol. The van der Waals surface area contributed by atoms with E-state index >= 15 is 0 Å². The molecule has 3 aromatic carbocycles. The number of halogens is 4. The van der Waals surface area contributed by atoms with Gasteiger partial charge in [-0.25, -0.2) is 0 Å². The Morgan fingerprint density at radius 1 is 0.781 bits per heavy atom. The van der Waals surface area contributed by atoms with Crippen LogP contribution in [0.2, 0.25) is 5.02 Å². The highest BCUT2D eigenvalue weighted by Crippen LogP contribution is 2.30. The molecule has 0 bridgehead atoms. The highest BCUT2D eigenvalue weighted by atomic mass is 35.5. The van der Waals surface area contributed by atoms with Gasteiger partial charge in [-0.2, -0.15) is 13.2 Å². The smallest absolute Gasteiger partial charge is 0.332 e. The van der Waals surface area contributed by atoms with Crippen LogP contribution in [0.5, 0.6) is 0 Å². The van der Waals surface area contributed by atoms with Gasteiger partial charge in [0.2, 0.25) is 0 Å². The lowest BCUT2D eigenvalue weighted by atomic mass is 10.1. The largest absolute Gasteiger partial charge is 0.416 e.